The first kappa shape index (κ1) is 16.9. The maximum Gasteiger partial charge on any atom is 0.433 e. The van der Waals surface area contributed by atoms with Crippen molar-refractivity contribution in [3.8, 4) is 0 Å². The van der Waals surface area contributed by atoms with Gasteiger partial charge < -0.3 is 9.88 Å². The molecule has 0 saturated carbocycles. The minimum Gasteiger partial charge on any atom is -0.349 e. The lowest BCUT2D eigenvalue weighted by Gasteiger charge is -2.10. The summed E-state index contributed by atoms with van der Waals surface area (Å²) in [5, 5.41) is 10.3. The Morgan fingerprint density at radius 3 is 2.74 bits per heavy atom. The molecule has 2 heterocycles. The molecular formula is C14H16F3N5O. The minimum absolute atomic E-state index is 0.179. The zero-order valence-corrected chi connectivity index (χ0v) is 12.6. The van der Waals surface area contributed by atoms with Crippen molar-refractivity contribution in [2.45, 2.75) is 32.5 Å². The Morgan fingerprint density at radius 2 is 2.09 bits per heavy atom. The molecule has 9 heteroatoms. The summed E-state index contributed by atoms with van der Waals surface area (Å²) in [5.41, 5.74) is -1.36. The van der Waals surface area contributed by atoms with E-state index in [2.05, 4.69) is 20.5 Å². The number of nitrogens with one attached hydrogen (secondary N) is 1. The molecule has 0 spiro atoms. The molecule has 124 valence electrons. The monoisotopic (exact) mass is 327 g/mol. The fraction of sp³-hybridized carbons (Fsp3) is 0.429. The van der Waals surface area contributed by atoms with Crippen LogP contribution in [-0.2, 0) is 12.7 Å². The lowest BCUT2D eigenvalue weighted by molar-refractivity contribution is -0.141. The molecule has 0 bridgehead atoms. The van der Waals surface area contributed by atoms with Crippen LogP contribution in [0, 0.1) is 0 Å². The Bertz CT molecular complexity index is 681. The van der Waals surface area contributed by atoms with Crippen molar-refractivity contribution in [1.29, 1.82) is 0 Å². The Kier molecular flexibility index (Phi) is 4.97. The van der Waals surface area contributed by atoms with Crippen LogP contribution < -0.4 is 5.32 Å². The Hall–Kier alpha value is -2.45. The van der Waals surface area contributed by atoms with Crippen molar-refractivity contribution in [3.05, 3.63) is 41.7 Å². The highest BCUT2D eigenvalue weighted by Crippen LogP contribution is 2.27. The fourth-order valence-electron chi connectivity index (χ4n) is 1.98. The first-order valence-electron chi connectivity index (χ1n) is 6.99. The molecule has 0 aliphatic rings. The molecule has 2 aromatic heterocycles. The second-order valence-corrected chi connectivity index (χ2v) is 5.20. The third-order valence-corrected chi connectivity index (χ3v) is 3.07. The molecule has 2 rings (SSSR count). The number of halogens is 3. The largest absolute Gasteiger partial charge is 0.433 e. The molecule has 0 saturated heterocycles. The number of amides is 1. The van der Waals surface area contributed by atoms with E-state index in [0.29, 0.717) is 6.54 Å². The number of aromatic nitrogens is 4. The highest BCUT2D eigenvalue weighted by molar-refractivity contribution is 5.92. The molecule has 0 aliphatic carbocycles. The van der Waals surface area contributed by atoms with Crippen LogP contribution in [0.3, 0.4) is 0 Å². The molecule has 6 nitrogen and oxygen atoms in total. The van der Waals surface area contributed by atoms with Crippen molar-refractivity contribution >= 4 is 5.91 Å². The van der Waals surface area contributed by atoms with Gasteiger partial charge in [0.15, 0.2) is 0 Å². The topological polar surface area (TPSA) is 72.7 Å². The van der Waals surface area contributed by atoms with Crippen molar-refractivity contribution in [1.82, 2.24) is 25.1 Å². The molecule has 2 aromatic rings. The predicted octanol–water partition coefficient (Wildman–Crippen LogP) is 2.25. The third-order valence-electron chi connectivity index (χ3n) is 3.07. The highest BCUT2D eigenvalue weighted by atomic mass is 19.4. The zero-order chi connectivity index (χ0) is 17.0. The van der Waals surface area contributed by atoms with Gasteiger partial charge in [-0.25, -0.2) is 4.98 Å². The van der Waals surface area contributed by atoms with E-state index in [-0.39, 0.29) is 18.2 Å². The van der Waals surface area contributed by atoms with E-state index in [4.69, 9.17) is 0 Å². The number of carbonyl (C=O) groups is 1. The van der Waals surface area contributed by atoms with Gasteiger partial charge in [0.2, 0.25) is 0 Å². The second kappa shape index (κ2) is 6.76. The van der Waals surface area contributed by atoms with Gasteiger partial charge in [0.25, 0.3) is 5.91 Å². The van der Waals surface area contributed by atoms with Gasteiger partial charge in [-0.1, -0.05) is 19.9 Å². The standard InChI is InChI=1S/C14H16F3N5O/c1-9(2)12-21-19-8-22(12)7-6-18-13(23)10-4-3-5-11(20-10)14(15,16)17/h3-5,8-9H,6-7H2,1-2H3,(H,18,23). The Labute approximate surface area is 130 Å². The first-order valence-corrected chi connectivity index (χ1v) is 6.99. The quantitative estimate of drug-likeness (QED) is 0.914. The zero-order valence-electron chi connectivity index (χ0n) is 12.6. The maximum atomic E-state index is 12.6. The molecule has 0 aromatic carbocycles. The average molecular weight is 327 g/mol. The number of carbonyl (C=O) groups excluding carboxylic acids is 1. The van der Waals surface area contributed by atoms with E-state index in [1.54, 1.807) is 10.9 Å². The van der Waals surface area contributed by atoms with Crippen molar-refractivity contribution in [2.75, 3.05) is 6.54 Å². The highest BCUT2D eigenvalue weighted by Gasteiger charge is 2.32. The molecule has 23 heavy (non-hydrogen) atoms. The number of alkyl halides is 3. The normalized spacial score (nSPS) is 11.7. The Balaban J connectivity index is 1.96. The number of hydrogen-bond acceptors (Lipinski definition) is 4. The van der Waals surface area contributed by atoms with Gasteiger partial charge >= 0.3 is 6.18 Å². The van der Waals surface area contributed by atoms with E-state index in [1.807, 2.05) is 13.8 Å². The van der Waals surface area contributed by atoms with Gasteiger partial charge in [0, 0.05) is 19.0 Å². The predicted molar refractivity (Wildman–Crippen MR) is 75.7 cm³/mol. The molecule has 1 N–H and O–H groups in total. The average Bonchev–Trinajstić information content (AvgIpc) is 2.95. The molecule has 0 radical (unpaired) electrons. The van der Waals surface area contributed by atoms with E-state index in [9.17, 15) is 18.0 Å². The van der Waals surface area contributed by atoms with Crippen LogP contribution in [0.1, 0.15) is 41.8 Å². The third kappa shape index (κ3) is 4.27. The summed E-state index contributed by atoms with van der Waals surface area (Å²) in [6.45, 7) is 4.58. The van der Waals surface area contributed by atoms with E-state index in [1.165, 1.54) is 6.07 Å². The van der Waals surface area contributed by atoms with Gasteiger partial charge in [-0.15, -0.1) is 10.2 Å². The number of pyridine rings is 1. The molecule has 0 aliphatic heterocycles. The minimum atomic E-state index is -4.58. The van der Waals surface area contributed by atoms with Gasteiger partial charge in [0.05, 0.1) is 0 Å². The van der Waals surface area contributed by atoms with Crippen molar-refractivity contribution in [2.24, 2.45) is 0 Å². The Morgan fingerprint density at radius 1 is 1.35 bits per heavy atom. The van der Waals surface area contributed by atoms with Gasteiger partial charge in [-0.3, -0.25) is 4.79 Å². The summed E-state index contributed by atoms with van der Waals surface area (Å²) in [5.74, 6) is 0.296. The van der Waals surface area contributed by atoms with Crippen molar-refractivity contribution in [3.63, 3.8) is 0 Å². The lowest BCUT2D eigenvalue weighted by atomic mass is 10.2. The number of hydrogen-bond donors (Lipinski definition) is 1. The SMILES string of the molecule is CC(C)c1nncn1CCNC(=O)c1cccc(C(F)(F)F)n1. The molecular weight excluding hydrogens is 311 g/mol. The van der Waals surface area contributed by atoms with Crippen LogP contribution in [0.25, 0.3) is 0 Å². The first-order chi connectivity index (χ1) is 10.8. The molecule has 0 atom stereocenters. The summed E-state index contributed by atoms with van der Waals surface area (Å²) in [4.78, 5) is 15.2. The van der Waals surface area contributed by atoms with E-state index in [0.717, 1.165) is 18.0 Å². The molecule has 0 unspecified atom stereocenters. The summed E-state index contributed by atoms with van der Waals surface area (Å²) in [7, 11) is 0. The van der Waals surface area contributed by atoms with Gasteiger partial charge in [-0.2, -0.15) is 13.2 Å². The second-order valence-electron chi connectivity index (χ2n) is 5.20. The van der Waals surface area contributed by atoms with Crippen LogP contribution in [-0.4, -0.2) is 32.2 Å². The summed E-state index contributed by atoms with van der Waals surface area (Å²) >= 11 is 0. The van der Waals surface area contributed by atoms with Crippen LogP contribution in [0.4, 0.5) is 13.2 Å². The molecule has 0 fully saturated rings. The van der Waals surface area contributed by atoms with Crippen LogP contribution >= 0.6 is 0 Å². The van der Waals surface area contributed by atoms with Gasteiger partial charge in [0.1, 0.15) is 23.5 Å². The van der Waals surface area contributed by atoms with Crippen LogP contribution in [0.5, 0.6) is 0 Å². The van der Waals surface area contributed by atoms with E-state index >= 15 is 0 Å². The van der Waals surface area contributed by atoms with Crippen LogP contribution in [0.15, 0.2) is 24.5 Å². The number of nitrogens with zero attached hydrogens (tertiary/aromatic N) is 4. The maximum absolute atomic E-state index is 12.6. The fourth-order valence-corrected chi connectivity index (χ4v) is 1.98. The van der Waals surface area contributed by atoms with Gasteiger partial charge in [-0.05, 0) is 12.1 Å². The van der Waals surface area contributed by atoms with E-state index < -0.39 is 17.8 Å². The smallest absolute Gasteiger partial charge is 0.349 e. The number of rotatable bonds is 5. The lowest BCUT2D eigenvalue weighted by Crippen LogP contribution is -2.29. The summed E-state index contributed by atoms with van der Waals surface area (Å²) in [6.07, 6.45) is -3.03. The summed E-state index contributed by atoms with van der Waals surface area (Å²) in [6, 6.07) is 3.22. The molecule has 1 amide bonds. The van der Waals surface area contributed by atoms with Crippen molar-refractivity contribution < 1.29 is 18.0 Å². The van der Waals surface area contributed by atoms with Crippen LogP contribution in [0.2, 0.25) is 0 Å². The summed E-state index contributed by atoms with van der Waals surface area (Å²) < 4.78 is 39.5.